The molecule has 7 nitrogen and oxygen atoms in total. The Kier molecular flexibility index (Phi) is 4.29. The van der Waals surface area contributed by atoms with Crippen LogP contribution in [0.4, 0.5) is 5.69 Å². The summed E-state index contributed by atoms with van der Waals surface area (Å²) >= 11 is 0. The number of imidazole rings is 1. The minimum Gasteiger partial charge on any atom is -0.304 e. The maximum Gasteiger partial charge on any atom is 0.293 e. The Bertz CT molecular complexity index is 1040. The van der Waals surface area contributed by atoms with E-state index in [1.807, 2.05) is 60.0 Å². The van der Waals surface area contributed by atoms with Crippen LogP contribution in [0.1, 0.15) is 22.6 Å². The van der Waals surface area contributed by atoms with E-state index >= 15 is 0 Å². The predicted octanol–water partition coefficient (Wildman–Crippen LogP) is 3.19. The standard InChI is InChI=1S/C20H19N5O2/c1-23(2)13-15-11-21-18-12-22-19(14-7-4-3-5-8-14)16-9-6-10-17(25(26)27)20(16)24(15)18/h3-11H,12-13H2,1-2H3. The molecule has 2 heterocycles. The van der Waals surface area contributed by atoms with Gasteiger partial charge in [0.15, 0.2) is 0 Å². The molecular weight excluding hydrogens is 342 g/mol. The summed E-state index contributed by atoms with van der Waals surface area (Å²) in [6.07, 6.45) is 1.78. The van der Waals surface area contributed by atoms with Crippen molar-refractivity contribution in [3.05, 3.63) is 87.5 Å². The van der Waals surface area contributed by atoms with Gasteiger partial charge in [0.25, 0.3) is 5.69 Å². The van der Waals surface area contributed by atoms with Crippen LogP contribution in [-0.4, -0.2) is 39.2 Å². The van der Waals surface area contributed by atoms with Crippen molar-refractivity contribution in [1.82, 2.24) is 14.5 Å². The number of fused-ring (bicyclic) bond motifs is 3. The summed E-state index contributed by atoms with van der Waals surface area (Å²) in [5.41, 5.74) is 3.90. The number of hydrogen-bond donors (Lipinski definition) is 0. The van der Waals surface area contributed by atoms with E-state index < -0.39 is 0 Å². The molecule has 0 aliphatic carbocycles. The fourth-order valence-corrected chi connectivity index (χ4v) is 3.43. The van der Waals surface area contributed by atoms with Gasteiger partial charge in [0.05, 0.1) is 29.1 Å². The van der Waals surface area contributed by atoms with Crippen LogP contribution in [0.2, 0.25) is 0 Å². The lowest BCUT2D eigenvalue weighted by Gasteiger charge is -2.16. The largest absolute Gasteiger partial charge is 0.304 e. The maximum absolute atomic E-state index is 11.8. The molecule has 0 fully saturated rings. The number of nitro groups is 1. The SMILES string of the molecule is CN(C)Cc1cnc2n1-c1c(cccc1[N+](=O)[O-])C(c1ccccc1)=NC2. The number of benzene rings is 2. The van der Waals surface area contributed by atoms with Crippen LogP contribution in [0.15, 0.2) is 59.7 Å². The van der Waals surface area contributed by atoms with Gasteiger partial charge in [-0.1, -0.05) is 42.5 Å². The van der Waals surface area contributed by atoms with Crippen LogP contribution in [0.3, 0.4) is 0 Å². The van der Waals surface area contributed by atoms with E-state index in [1.165, 1.54) is 6.07 Å². The zero-order chi connectivity index (χ0) is 19.0. The van der Waals surface area contributed by atoms with Gasteiger partial charge >= 0.3 is 0 Å². The fraction of sp³-hybridized carbons (Fsp3) is 0.200. The predicted molar refractivity (Wildman–Crippen MR) is 103 cm³/mol. The summed E-state index contributed by atoms with van der Waals surface area (Å²) in [5.74, 6) is 0.702. The number of nitrogens with zero attached hydrogens (tertiary/aromatic N) is 5. The number of rotatable bonds is 4. The monoisotopic (exact) mass is 361 g/mol. The summed E-state index contributed by atoms with van der Waals surface area (Å²) < 4.78 is 1.90. The van der Waals surface area contributed by atoms with Gasteiger partial charge in [-0.25, -0.2) is 4.98 Å². The molecule has 4 rings (SSSR count). The van der Waals surface area contributed by atoms with E-state index in [4.69, 9.17) is 4.99 Å². The van der Waals surface area contributed by atoms with Crippen molar-refractivity contribution in [1.29, 1.82) is 0 Å². The van der Waals surface area contributed by atoms with Gasteiger partial charge in [-0.15, -0.1) is 0 Å². The Morgan fingerprint density at radius 3 is 2.63 bits per heavy atom. The fourth-order valence-electron chi connectivity index (χ4n) is 3.43. The quantitative estimate of drug-likeness (QED) is 0.528. The lowest BCUT2D eigenvalue weighted by atomic mass is 9.99. The van der Waals surface area contributed by atoms with Crippen molar-refractivity contribution >= 4 is 11.4 Å². The van der Waals surface area contributed by atoms with E-state index in [0.717, 1.165) is 22.5 Å². The third-order valence-electron chi connectivity index (χ3n) is 4.50. The third kappa shape index (κ3) is 3.02. The second-order valence-electron chi connectivity index (χ2n) is 6.70. The summed E-state index contributed by atoms with van der Waals surface area (Å²) in [5, 5.41) is 11.8. The topological polar surface area (TPSA) is 76.6 Å². The van der Waals surface area contributed by atoms with Crippen LogP contribution in [0, 0.1) is 10.1 Å². The Balaban J connectivity index is 2.01. The first-order valence-corrected chi connectivity index (χ1v) is 8.64. The Morgan fingerprint density at radius 2 is 1.93 bits per heavy atom. The molecule has 3 aromatic rings. The highest BCUT2D eigenvalue weighted by Gasteiger charge is 2.28. The van der Waals surface area contributed by atoms with Gasteiger partial charge in [0.1, 0.15) is 11.5 Å². The second-order valence-corrected chi connectivity index (χ2v) is 6.70. The number of hydrogen-bond acceptors (Lipinski definition) is 5. The van der Waals surface area contributed by atoms with Crippen molar-refractivity contribution < 1.29 is 4.92 Å². The van der Waals surface area contributed by atoms with Gasteiger partial charge in [0, 0.05) is 23.7 Å². The van der Waals surface area contributed by atoms with E-state index in [1.54, 1.807) is 12.3 Å². The smallest absolute Gasteiger partial charge is 0.293 e. The van der Waals surface area contributed by atoms with E-state index in [-0.39, 0.29) is 10.6 Å². The van der Waals surface area contributed by atoms with Crippen LogP contribution < -0.4 is 0 Å². The molecule has 0 saturated carbocycles. The molecule has 1 aliphatic rings. The van der Waals surface area contributed by atoms with Crippen molar-refractivity contribution in [2.45, 2.75) is 13.1 Å². The van der Waals surface area contributed by atoms with Gasteiger partial charge in [-0.2, -0.15) is 0 Å². The molecule has 1 aromatic heterocycles. The zero-order valence-electron chi connectivity index (χ0n) is 15.2. The highest BCUT2D eigenvalue weighted by Crippen LogP contribution is 2.33. The summed E-state index contributed by atoms with van der Waals surface area (Å²) in [7, 11) is 3.92. The molecule has 0 atom stereocenters. The van der Waals surface area contributed by atoms with Crippen LogP contribution in [0.5, 0.6) is 0 Å². The Hall–Kier alpha value is -3.32. The van der Waals surface area contributed by atoms with Gasteiger partial charge in [-0.05, 0) is 14.1 Å². The van der Waals surface area contributed by atoms with E-state index in [0.29, 0.717) is 24.6 Å². The highest BCUT2D eigenvalue weighted by atomic mass is 16.6. The molecule has 2 aromatic carbocycles. The minimum atomic E-state index is -0.337. The molecule has 0 saturated heterocycles. The van der Waals surface area contributed by atoms with Gasteiger partial charge in [-0.3, -0.25) is 19.7 Å². The number of aliphatic imine (C=N–C) groups is 1. The van der Waals surface area contributed by atoms with E-state index in [2.05, 4.69) is 4.98 Å². The molecule has 0 radical (unpaired) electrons. The minimum absolute atomic E-state index is 0.0530. The Labute approximate surface area is 156 Å². The maximum atomic E-state index is 11.8. The normalized spacial score (nSPS) is 12.9. The molecule has 0 unspecified atom stereocenters. The summed E-state index contributed by atoms with van der Waals surface area (Å²) in [6, 6.07) is 14.9. The second kappa shape index (κ2) is 6.77. The molecule has 0 amide bonds. The van der Waals surface area contributed by atoms with Gasteiger partial charge < -0.3 is 4.90 Å². The number of para-hydroxylation sites is 1. The molecule has 1 aliphatic heterocycles. The van der Waals surface area contributed by atoms with Crippen molar-refractivity contribution in [3.63, 3.8) is 0 Å². The van der Waals surface area contributed by atoms with Crippen molar-refractivity contribution in [3.8, 4) is 5.69 Å². The lowest BCUT2D eigenvalue weighted by Crippen LogP contribution is -2.16. The molecule has 136 valence electrons. The first-order chi connectivity index (χ1) is 13.1. The van der Waals surface area contributed by atoms with Crippen LogP contribution in [-0.2, 0) is 13.1 Å². The molecule has 0 bridgehead atoms. The molecule has 27 heavy (non-hydrogen) atoms. The molecule has 0 spiro atoms. The summed E-state index contributed by atoms with van der Waals surface area (Å²) in [4.78, 5) is 22.8. The lowest BCUT2D eigenvalue weighted by molar-refractivity contribution is -0.384. The van der Waals surface area contributed by atoms with Crippen molar-refractivity contribution in [2.75, 3.05) is 14.1 Å². The van der Waals surface area contributed by atoms with Gasteiger partial charge in [0.2, 0.25) is 0 Å². The highest BCUT2D eigenvalue weighted by molar-refractivity contribution is 6.15. The zero-order valence-corrected chi connectivity index (χ0v) is 15.2. The summed E-state index contributed by atoms with van der Waals surface area (Å²) in [6.45, 7) is 0.989. The van der Waals surface area contributed by atoms with E-state index in [9.17, 15) is 10.1 Å². The molecule has 7 heteroatoms. The van der Waals surface area contributed by atoms with Crippen LogP contribution >= 0.6 is 0 Å². The Morgan fingerprint density at radius 1 is 1.15 bits per heavy atom. The molecule has 0 N–H and O–H groups in total. The number of aromatic nitrogens is 2. The molecular formula is C20H19N5O2. The first-order valence-electron chi connectivity index (χ1n) is 8.64. The average molecular weight is 361 g/mol. The van der Waals surface area contributed by atoms with Crippen LogP contribution in [0.25, 0.3) is 5.69 Å². The first kappa shape index (κ1) is 17.1. The van der Waals surface area contributed by atoms with Crippen molar-refractivity contribution in [2.24, 2.45) is 4.99 Å². The average Bonchev–Trinajstić information content (AvgIpc) is 2.95. The number of nitro benzene ring substituents is 1. The third-order valence-corrected chi connectivity index (χ3v) is 4.50.